The second-order valence-electron chi connectivity index (χ2n) is 2.45. The molecule has 0 spiro atoms. The molecule has 0 unspecified atom stereocenters. The summed E-state index contributed by atoms with van der Waals surface area (Å²) in [5.74, 6) is 0. The summed E-state index contributed by atoms with van der Waals surface area (Å²) in [6.45, 7) is 0. The summed E-state index contributed by atoms with van der Waals surface area (Å²) in [5.41, 5.74) is 6.56. The summed E-state index contributed by atoms with van der Waals surface area (Å²) < 4.78 is 1.94. The van der Waals surface area contributed by atoms with E-state index in [-0.39, 0.29) is 0 Å². The zero-order valence-electron chi connectivity index (χ0n) is 6.56. The number of hydrogen-bond acceptors (Lipinski definition) is 4. The van der Waals surface area contributed by atoms with Gasteiger partial charge in [0, 0.05) is 13.2 Å². The monoisotopic (exact) mass is 180 g/mol. The van der Waals surface area contributed by atoms with E-state index in [2.05, 4.69) is 9.97 Å². The van der Waals surface area contributed by atoms with Crippen LogP contribution in [0.25, 0.3) is 10.6 Å². The highest BCUT2D eigenvalue weighted by Crippen LogP contribution is 2.25. The van der Waals surface area contributed by atoms with Gasteiger partial charge in [0.15, 0.2) is 5.13 Å². The molecule has 2 aromatic heterocycles. The van der Waals surface area contributed by atoms with Crippen LogP contribution in [-0.4, -0.2) is 14.5 Å². The van der Waals surface area contributed by atoms with Crippen molar-refractivity contribution in [2.75, 3.05) is 5.73 Å². The van der Waals surface area contributed by atoms with Crippen LogP contribution in [0.5, 0.6) is 0 Å². The second-order valence-corrected chi connectivity index (χ2v) is 3.51. The molecule has 62 valence electrons. The number of aromatic nitrogens is 3. The molecule has 2 heterocycles. The number of nitrogen functional groups attached to an aromatic ring is 1. The third-order valence-electron chi connectivity index (χ3n) is 1.59. The molecule has 5 heteroatoms. The third-order valence-corrected chi connectivity index (χ3v) is 2.44. The van der Waals surface area contributed by atoms with Crippen molar-refractivity contribution in [3.05, 3.63) is 18.7 Å². The third kappa shape index (κ3) is 1.08. The number of aryl methyl sites for hydroxylation is 1. The van der Waals surface area contributed by atoms with Crippen LogP contribution in [-0.2, 0) is 7.05 Å². The Hall–Kier alpha value is -1.36. The van der Waals surface area contributed by atoms with Crippen LogP contribution in [0.4, 0.5) is 5.13 Å². The summed E-state index contributed by atoms with van der Waals surface area (Å²) >= 11 is 1.47. The van der Waals surface area contributed by atoms with Gasteiger partial charge in [0.25, 0.3) is 0 Å². The van der Waals surface area contributed by atoms with Crippen LogP contribution >= 0.6 is 11.3 Å². The first-order chi connectivity index (χ1) is 5.77. The first kappa shape index (κ1) is 7.30. The minimum absolute atomic E-state index is 0.589. The summed E-state index contributed by atoms with van der Waals surface area (Å²) in [5, 5.41) is 0.589. The van der Waals surface area contributed by atoms with E-state index in [9.17, 15) is 0 Å². The van der Waals surface area contributed by atoms with Gasteiger partial charge in [-0.15, -0.1) is 0 Å². The lowest BCUT2D eigenvalue weighted by atomic mass is 10.4. The molecule has 2 rings (SSSR count). The first-order valence-electron chi connectivity index (χ1n) is 3.45. The Morgan fingerprint density at radius 3 is 2.83 bits per heavy atom. The summed E-state index contributed by atoms with van der Waals surface area (Å²) in [6, 6.07) is 0. The Kier molecular flexibility index (Phi) is 1.58. The van der Waals surface area contributed by atoms with Crippen molar-refractivity contribution in [1.82, 2.24) is 14.5 Å². The molecule has 2 aromatic rings. The van der Waals surface area contributed by atoms with E-state index in [1.165, 1.54) is 11.3 Å². The van der Waals surface area contributed by atoms with Gasteiger partial charge in [-0.05, 0) is 0 Å². The molecule has 0 atom stereocenters. The topological polar surface area (TPSA) is 56.7 Å². The van der Waals surface area contributed by atoms with E-state index in [0.29, 0.717) is 5.13 Å². The van der Waals surface area contributed by atoms with Gasteiger partial charge in [-0.25, -0.2) is 9.97 Å². The minimum atomic E-state index is 0.589. The van der Waals surface area contributed by atoms with Gasteiger partial charge in [-0.2, -0.15) is 0 Å². The highest BCUT2D eigenvalue weighted by molar-refractivity contribution is 7.18. The van der Waals surface area contributed by atoms with E-state index in [1.807, 2.05) is 11.6 Å². The molecule has 0 amide bonds. The van der Waals surface area contributed by atoms with Crippen LogP contribution in [0.15, 0.2) is 18.7 Å². The van der Waals surface area contributed by atoms with Crippen molar-refractivity contribution < 1.29 is 0 Å². The maximum atomic E-state index is 5.51. The molecular formula is C7H8N4S. The standard InChI is InChI=1S/C7H8N4S/c1-11-4-9-2-5(11)6-3-10-7(8)12-6/h2-4H,1H3,(H2,8,10). The molecule has 12 heavy (non-hydrogen) atoms. The number of hydrogen-bond donors (Lipinski definition) is 1. The number of anilines is 1. The first-order valence-corrected chi connectivity index (χ1v) is 4.27. The largest absolute Gasteiger partial charge is 0.375 e. The fourth-order valence-electron chi connectivity index (χ4n) is 1.00. The van der Waals surface area contributed by atoms with Crippen LogP contribution in [0.3, 0.4) is 0 Å². The molecule has 0 aromatic carbocycles. The molecule has 0 aliphatic carbocycles. The van der Waals surface area contributed by atoms with Crippen LogP contribution in [0.2, 0.25) is 0 Å². The Morgan fingerprint density at radius 1 is 1.50 bits per heavy atom. The number of thiazole rings is 1. The lowest BCUT2D eigenvalue weighted by molar-refractivity contribution is 0.923. The lowest BCUT2D eigenvalue weighted by Crippen LogP contribution is -1.86. The molecule has 2 N–H and O–H groups in total. The molecule has 0 fully saturated rings. The summed E-state index contributed by atoms with van der Waals surface area (Å²) in [6.07, 6.45) is 5.31. The Balaban J connectivity index is 2.50. The van der Waals surface area contributed by atoms with E-state index >= 15 is 0 Å². The van der Waals surface area contributed by atoms with Gasteiger partial charge >= 0.3 is 0 Å². The number of rotatable bonds is 1. The average Bonchev–Trinajstić information content (AvgIpc) is 2.58. The van der Waals surface area contributed by atoms with Crippen LogP contribution in [0.1, 0.15) is 0 Å². The predicted octanol–water partition coefficient (Wildman–Crippen LogP) is 1.13. The zero-order chi connectivity index (χ0) is 8.55. The highest BCUT2D eigenvalue weighted by Gasteiger charge is 2.04. The van der Waals surface area contributed by atoms with Crippen molar-refractivity contribution in [2.45, 2.75) is 0 Å². The minimum Gasteiger partial charge on any atom is -0.375 e. The van der Waals surface area contributed by atoms with E-state index in [4.69, 9.17) is 5.73 Å². The average molecular weight is 180 g/mol. The van der Waals surface area contributed by atoms with Crippen LogP contribution < -0.4 is 5.73 Å². The fraction of sp³-hybridized carbons (Fsp3) is 0.143. The molecular weight excluding hydrogens is 172 g/mol. The smallest absolute Gasteiger partial charge is 0.180 e. The molecule has 0 saturated heterocycles. The van der Waals surface area contributed by atoms with Gasteiger partial charge in [-0.1, -0.05) is 11.3 Å². The Morgan fingerprint density at radius 2 is 2.33 bits per heavy atom. The van der Waals surface area contributed by atoms with E-state index in [1.54, 1.807) is 18.7 Å². The van der Waals surface area contributed by atoms with Gasteiger partial charge in [-0.3, -0.25) is 0 Å². The SMILES string of the molecule is Cn1cncc1-c1cnc(N)s1. The molecule has 4 nitrogen and oxygen atoms in total. The maximum Gasteiger partial charge on any atom is 0.180 e. The van der Waals surface area contributed by atoms with Crippen molar-refractivity contribution in [3.63, 3.8) is 0 Å². The van der Waals surface area contributed by atoms with Crippen LogP contribution in [0, 0.1) is 0 Å². The quantitative estimate of drug-likeness (QED) is 0.715. The molecule has 0 saturated carbocycles. The van der Waals surface area contributed by atoms with Gasteiger partial charge in [0.05, 0.1) is 23.1 Å². The summed E-state index contributed by atoms with van der Waals surface area (Å²) in [7, 11) is 1.94. The normalized spacial score (nSPS) is 10.4. The Bertz CT molecular complexity index is 390. The fourth-order valence-corrected chi connectivity index (χ4v) is 1.74. The van der Waals surface area contributed by atoms with E-state index in [0.717, 1.165) is 10.6 Å². The van der Waals surface area contributed by atoms with E-state index < -0.39 is 0 Å². The number of nitrogens with two attached hydrogens (primary N) is 1. The highest BCUT2D eigenvalue weighted by atomic mass is 32.1. The van der Waals surface area contributed by atoms with Crippen molar-refractivity contribution in [2.24, 2.45) is 7.05 Å². The molecule has 0 radical (unpaired) electrons. The maximum absolute atomic E-state index is 5.51. The van der Waals surface area contributed by atoms with Gasteiger partial charge in [0.1, 0.15) is 0 Å². The van der Waals surface area contributed by atoms with Gasteiger partial charge in [0.2, 0.25) is 0 Å². The predicted molar refractivity (Wildman–Crippen MR) is 48.7 cm³/mol. The molecule has 0 aliphatic heterocycles. The number of imidazole rings is 1. The zero-order valence-corrected chi connectivity index (χ0v) is 7.38. The summed E-state index contributed by atoms with van der Waals surface area (Å²) in [4.78, 5) is 9.03. The second kappa shape index (κ2) is 2.60. The van der Waals surface area contributed by atoms with Crippen molar-refractivity contribution in [1.29, 1.82) is 0 Å². The lowest BCUT2D eigenvalue weighted by Gasteiger charge is -1.94. The molecule has 0 aliphatic rings. The van der Waals surface area contributed by atoms with Gasteiger partial charge < -0.3 is 10.3 Å². The van der Waals surface area contributed by atoms with Crippen molar-refractivity contribution in [3.8, 4) is 10.6 Å². The van der Waals surface area contributed by atoms with Crippen molar-refractivity contribution >= 4 is 16.5 Å². The molecule has 0 bridgehead atoms. The number of nitrogens with zero attached hydrogens (tertiary/aromatic N) is 3. The Labute approximate surface area is 73.7 Å².